The maximum absolute atomic E-state index is 15.5. The highest BCUT2D eigenvalue weighted by atomic mass is 32.2. The number of benzene rings is 8. The Labute approximate surface area is 471 Å². The molecule has 0 saturated heterocycles. The lowest BCUT2D eigenvalue weighted by molar-refractivity contribution is -0.288. The number of rotatable bonds is 14. The number of hydrogen-bond donors (Lipinski definition) is 0. The van der Waals surface area contributed by atoms with E-state index in [0.717, 1.165) is 36.4 Å². The van der Waals surface area contributed by atoms with E-state index < -0.39 is 207 Å². The molecule has 0 aliphatic heterocycles. The van der Waals surface area contributed by atoms with Gasteiger partial charge in [0.1, 0.15) is 42.6 Å². The summed E-state index contributed by atoms with van der Waals surface area (Å²) in [5.74, 6) is -55.9. The van der Waals surface area contributed by atoms with Crippen LogP contribution < -0.4 is 18.9 Å². The second-order valence-corrected chi connectivity index (χ2v) is 20.9. The first-order valence-electron chi connectivity index (χ1n) is 22.6. The molecule has 452 valence electrons. The van der Waals surface area contributed by atoms with Crippen molar-refractivity contribution in [2.24, 2.45) is 0 Å². The summed E-state index contributed by atoms with van der Waals surface area (Å²) in [6.07, 6.45) is -2.80. The second kappa shape index (κ2) is 22.7. The fourth-order valence-electron chi connectivity index (χ4n) is 8.17. The predicted octanol–water partition coefficient (Wildman–Crippen LogP) is 16.1. The topological polar surface area (TPSA) is 105 Å². The molecule has 8 nitrogen and oxygen atoms in total. The van der Waals surface area contributed by atoms with Gasteiger partial charge in [-0.3, -0.25) is 0 Å². The molecule has 0 aliphatic carbocycles. The molecular formula is C55H18F22O8S2. The van der Waals surface area contributed by atoms with E-state index in [-0.39, 0.29) is 59.7 Å². The number of terminal acetylenes is 2. The molecular weight excluding hydrogens is 1270 g/mol. The molecule has 32 heteroatoms. The van der Waals surface area contributed by atoms with Gasteiger partial charge in [-0.05, 0) is 71.8 Å². The quantitative estimate of drug-likeness (QED) is 0.0602. The van der Waals surface area contributed by atoms with Gasteiger partial charge in [-0.2, -0.15) is 61.5 Å². The highest BCUT2D eigenvalue weighted by Crippen LogP contribution is 2.57. The largest absolute Gasteiger partial charge is 0.451 e. The van der Waals surface area contributed by atoms with Crippen molar-refractivity contribution in [3.63, 3.8) is 0 Å². The van der Waals surface area contributed by atoms with Crippen LogP contribution >= 0.6 is 0 Å². The predicted molar refractivity (Wildman–Crippen MR) is 251 cm³/mol. The Morgan fingerprint density at radius 2 is 0.529 bits per heavy atom. The van der Waals surface area contributed by atoms with Crippen molar-refractivity contribution in [1.29, 1.82) is 0 Å². The van der Waals surface area contributed by atoms with Crippen molar-refractivity contribution in [2.45, 2.75) is 37.3 Å². The molecule has 0 aromatic heterocycles. The van der Waals surface area contributed by atoms with E-state index >= 15 is 96.6 Å². The van der Waals surface area contributed by atoms with Gasteiger partial charge in [-0.25, -0.2) is 52.0 Å². The molecule has 0 bridgehead atoms. The van der Waals surface area contributed by atoms with E-state index in [9.17, 15) is 16.8 Å². The third-order valence-electron chi connectivity index (χ3n) is 12.1. The van der Waals surface area contributed by atoms with Crippen LogP contribution in [-0.4, -0.2) is 29.2 Å². The van der Waals surface area contributed by atoms with Crippen molar-refractivity contribution >= 4 is 19.7 Å². The van der Waals surface area contributed by atoms with E-state index in [1.54, 1.807) is 0 Å². The average Bonchev–Trinajstić information content (AvgIpc) is 0.871. The number of ether oxygens (including phenoxy) is 4. The maximum atomic E-state index is 15.5. The molecule has 0 heterocycles. The highest BCUT2D eigenvalue weighted by Gasteiger charge is 2.72. The smallest absolute Gasteiger partial charge is 0.411 e. The molecule has 0 saturated carbocycles. The second-order valence-electron chi connectivity index (χ2n) is 17.2. The first-order chi connectivity index (χ1) is 40.5. The summed E-state index contributed by atoms with van der Waals surface area (Å²) in [5.41, 5.74) is -9.25. The summed E-state index contributed by atoms with van der Waals surface area (Å²) >= 11 is 0. The summed E-state index contributed by atoms with van der Waals surface area (Å²) in [6.45, 7) is 0. The molecule has 0 aliphatic rings. The lowest BCUT2D eigenvalue weighted by Gasteiger charge is -2.38. The minimum absolute atomic E-state index is 0.0150. The molecule has 0 atom stereocenters. The summed E-state index contributed by atoms with van der Waals surface area (Å²) in [4.78, 5) is -11.8. The minimum Gasteiger partial charge on any atom is -0.451 e. The molecule has 0 N–H and O–H groups in total. The standard InChI is InChI=1S/C55H18F22O8S2/c1-3-21-7-5-9-27(19-21)84-47-33(60)41(68)51(42(69)34(47)61)86(78,79)49-37(64)29(56)45(30(57)38(49)65)82-25-15-11-23(12-16-25)53(54(72,73)74,55(75,76)77)24-13-17-26(18-14-24)83-46-31(58)39(66)50(40(67)32(46)59)87(80,81)52-43(70)35(62)48(36(63)44(52)71)85-28-10-6-8-22(4-2)20-28/h1-2,5-20H. The Hall–Kier alpha value is -9.56. The summed E-state index contributed by atoms with van der Waals surface area (Å²) in [5, 5.41) is 0. The van der Waals surface area contributed by atoms with Crippen LogP contribution in [0.4, 0.5) is 96.6 Å². The van der Waals surface area contributed by atoms with Gasteiger partial charge in [0, 0.05) is 11.1 Å². The molecule has 87 heavy (non-hydrogen) atoms. The lowest BCUT2D eigenvalue weighted by atomic mass is 9.73. The van der Waals surface area contributed by atoms with E-state index in [1.165, 1.54) is 12.1 Å². The number of alkyl halides is 6. The first kappa shape index (κ1) is 63.5. The van der Waals surface area contributed by atoms with Crippen LogP contribution in [0.15, 0.2) is 117 Å². The highest BCUT2D eigenvalue weighted by molar-refractivity contribution is 7.91. The number of sulfone groups is 2. The van der Waals surface area contributed by atoms with Gasteiger partial charge in [0.05, 0.1) is 0 Å². The van der Waals surface area contributed by atoms with Gasteiger partial charge < -0.3 is 18.9 Å². The fraction of sp³-hybridized carbons (Fsp3) is 0.0545. The van der Waals surface area contributed by atoms with Crippen molar-refractivity contribution < 1.29 is 132 Å². The molecule has 8 aromatic carbocycles. The van der Waals surface area contributed by atoms with Crippen LogP contribution in [-0.2, 0) is 25.1 Å². The van der Waals surface area contributed by atoms with E-state index in [0.29, 0.717) is 0 Å². The molecule has 0 unspecified atom stereocenters. The molecule has 0 fully saturated rings. The van der Waals surface area contributed by atoms with Crippen LogP contribution in [0.25, 0.3) is 0 Å². The lowest BCUT2D eigenvalue weighted by Crippen LogP contribution is -2.54. The van der Waals surface area contributed by atoms with Crippen molar-refractivity contribution in [3.05, 3.63) is 212 Å². The van der Waals surface area contributed by atoms with Crippen molar-refractivity contribution in [2.75, 3.05) is 0 Å². The summed E-state index contributed by atoms with van der Waals surface area (Å²) < 4.78 is 407. The van der Waals surface area contributed by atoms with Crippen LogP contribution in [0.3, 0.4) is 0 Å². The molecule has 0 amide bonds. The summed E-state index contributed by atoms with van der Waals surface area (Å²) in [7, 11) is -13.6. The van der Waals surface area contributed by atoms with Gasteiger partial charge in [0.15, 0.2) is 46.5 Å². The zero-order chi connectivity index (χ0) is 64.5. The van der Waals surface area contributed by atoms with Gasteiger partial charge in [0.25, 0.3) is 0 Å². The minimum atomic E-state index is -6.82. The molecule has 8 rings (SSSR count). The van der Waals surface area contributed by atoms with Crippen molar-refractivity contribution in [1.82, 2.24) is 0 Å². The Morgan fingerprint density at radius 1 is 0.310 bits per heavy atom. The SMILES string of the molecule is C#Cc1cccc(Oc2c(F)c(F)c(S(=O)(=O)c3c(F)c(F)c(Oc4ccc(C(c5ccc(Oc6c(F)c(F)c(S(=O)(=O)c7c(F)c(F)c(Oc8cccc(C#C)c8)c(F)c7F)c(F)c6F)cc5)(C(F)(F)F)C(F)(F)F)cc4)c(F)c3F)c(F)c2F)c1. The number of halogens is 22. The molecule has 0 spiro atoms. The van der Waals surface area contributed by atoms with Crippen LogP contribution in [0, 0.1) is 118 Å². The Bertz CT molecular complexity index is 4100. The van der Waals surface area contributed by atoms with Crippen molar-refractivity contribution in [3.8, 4) is 70.7 Å². The average molecular weight is 1290 g/mol. The Kier molecular flexibility index (Phi) is 16.6. The van der Waals surface area contributed by atoms with Gasteiger partial charge in [0.2, 0.25) is 94.6 Å². The maximum Gasteiger partial charge on any atom is 0.411 e. The number of hydrogen-bond acceptors (Lipinski definition) is 8. The Morgan fingerprint density at radius 3 is 0.736 bits per heavy atom. The zero-order valence-electron chi connectivity index (χ0n) is 41.3. The summed E-state index contributed by atoms with van der Waals surface area (Å²) in [6, 6.07) is 7.82. The van der Waals surface area contributed by atoms with Crippen LogP contribution in [0.5, 0.6) is 46.0 Å². The van der Waals surface area contributed by atoms with Gasteiger partial charge >= 0.3 is 12.4 Å². The van der Waals surface area contributed by atoms with Gasteiger partial charge in [-0.15, -0.1) is 12.8 Å². The fourth-order valence-corrected chi connectivity index (χ4v) is 11.2. The third-order valence-corrected chi connectivity index (χ3v) is 15.7. The van der Waals surface area contributed by atoms with Crippen LogP contribution in [0.2, 0.25) is 0 Å². The molecule has 8 aromatic rings. The van der Waals surface area contributed by atoms with E-state index in [2.05, 4.69) is 21.3 Å². The van der Waals surface area contributed by atoms with E-state index in [1.807, 2.05) is 0 Å². The molecule has 0 radical (unpaired) electrons. The van der Waals surface area contributed by atoms with E-state index in [4.69, 9.17) is 22.3 Å². The monoisotopic (exact) mass is 1290 g/mol. The normalized spacial score (nSPS) is 12.2. The third kappa shape index (κ3) is 10.5. The Balaban J connectivity index is 1.10. The van der Waals surface area contributed by atoms with Crippen LogP contribution in [0.1, 0.15) is 22.3 Å². The first-order valence-corrected chi connectivity index (χ1v) is 25.6. The zero-order valence-corrected chi connectivity index (χ0v) is 42.9. The van der Waals surface area contributed by atoms with Gasteiger partial charge in [-0.1, -0.05) is 48.2 Å².